The van der Waals surface area contributed by atoms with E-state index in [0.29, 0.717) is 13.0 Å². The number of methoxy groups -OCH3 is 1. The molecule has 0 unspecified atom stereocenters. The van der Waals surface area contributed by atoms with E-state index in [4.69, 9.17) is 16.0 Å². The van der Waals surface area contributed by atoms with E-state index >= 15 is 0 Å². The van der Waals surface area contributed by atoms with Crippen LogP contribution in [0.15, 0.2) is 35.4 Å². The van der Waals surface area contributed by atoms with E-state index in [2.05, 4.69) is 10.0 Å². The molecule has 5 nitrogen and oxygen atoms in total. The predicted octanol–water partition coefficient (Wildman–Crippen LogP) is 1.88. The van der Waals surface area contributed by atoms with Gasteiger partial charge in [-0.15, -0.1) is 0 Å². The molecule has 0 bridgehead atoms. The Labute approximate surface area is 94.8 Å². The van der Waals surface area contributed by atoms with Crippen LogP contribution in [0.3, 0.4) is 0 Å². The SMILES string of the molecule is COC[C@H](N=[N+]=[N-])[C@@H](N)Cc1ccccc1. The lowest BCUT2D eigenvalue weighted by molar-refractivity contribution is 0.170. The molecule has 16 heavy (non-hydrogen) atoms. The summed E-state index contributed by atoms with van der Waals surface area (Å²) >= 11 is 0. The zero-order chi connectivity index (χ0) is 11.8. The van der Waals surface area contributed by atoms with Gasteiger partial charge in [-0.05, 0) is 17.5 Å². The minimum absolute atomic E-state index is 0.224. The van der Waals surface area contributed by atoms with E-state index in [0.717, 1.165) is 5.56 Å². The van der Waals surface area contributed by atoms with Crippen LogP contribution in [0, 0.1) is 0 Å². The van der Waals surface area contributed by atoms with E-state index < -0.39 is 0 Å². The molecule has 0 aliphatic rings. The molecule has 0 heterocycles. The molecule has 1 rings (SSSR count). The van der Waals surface area contributed by atoms with Crippen molar-refractivity contribution in [3.63, 3.8) is 0 Å². The number of nitrogens with zero attached hydrogens (tertiary/aromatic N) is 3. The highest BCUT2D eigenvalue weighted by molar-refractivity contribution is 5.16. The van der Waals surface area contributed by atoms with Gasteiger partial charge in [0.25, 0.3) is 0 Å². The minimum atomic E-state index is -0.324. The first kappa shape index (κ1) is 12.5. The summed E-state index contributed by atoms with van der Waals surface area (Å²) in [5, 5.41) is 3.64. The molecule has 2 N–H and O–H groups in total. The summed E-state index contributed by atoms with van der Waals surface area (Å²) in [6, 6.07) is 9.32. The lowest BCUT2D eigenvalue weighted by Crippen LogP contribution is -2.38. The van der Waals surface area contributed by atoms with E-state index in [1.165, 1.54) is 0 Å². The van der Waals surface area contributed by atoms with E-state index in [1.54, 1.807) is 7.11 Å². The molecule has 1 aromatic carbocycles. The van der Waals surface area contributed by atoms with Crippen molar-refractivity contribution >= 4 is 0 Å². The monoisotopic (exact) mass is 220 g/mol. The molecular weight excluding hydrogens is 204 g/mol. The van der Waals surface area contributed by atoms with Gasteiger partial charge in [-0.2, -0.15) is 0 Å². The van der Waals surface area contributed by atoms with Gasteiger partial charge in [-0.25, -0.2) is 0 Å². The zero-order valence-electron chi connectivity index (χ0n) is 9.28. The Morgan fingerprint density at radius 2 is 2.12 bits per heavy atom. The van der Waals surface area contributed by atoms with Crippen molar-refractivity contribution in [3.8, 4) is 0 Å². The highest BCUT2D eigenvalue weighted by atomic mass is 16.5. The fraction of sp³-hybridized carbons (Fsp3) is 0.455. The van der Waals surface area contributed by atoms with E-state index in [1.807, 2.05) is 30.3 Å². The van der Waals surface area contributed by atoms with Gasteiger partial charge in [0.2, 0.25) is 0 Å². The maximum Gasteiger partial charge on any atom is 0.0761 e. The Balaban J connectivity index is 2.61. The summed E-state index contributed by atoms with van der Waals surface area (Å²) in [6.45, 7) is 0.345. The highest BCUT2D eigenvalue weighted by Gasteiger charge is 2.16. The Bertz CT molecular complexity index is 348. The van der Waals surface area contributed by atoms with Crippen molar-refractivity contribution < 1.29 is 4.74 Å². The van der Waals surface area contributed by atoms with Crippen LogP contribution >= 0.6 is 0 Å². The third-order valence-electron chi connectivity index (χ3n) is 2.35. The lowest BCUT2D eigenvalue weighted by atomic mass is 10.0. The Kier molecular flexibility index (Phi) is 5.36. The number of rotatable bonds is 6. The number of nitrogens with two attached hydrogens (primary N) is 1. The smallest absolute Gasteiger partial charge is 0.0761 e. The average Bonchev–Trinajstić information content (AvgIpc) is 2.30. The molecule has 0 aromatic heterocycles. The predicted molar refractivity (Wildman–Crippen MR) is 62.9 cm³/mol. The summed E-state index contributed by atoms with van der Waals surface area (Å²) in [7, 11) is 1.56. The van der Waals surface area contributed by atoms with Gasteiger partial charge >= 0.3 is 0 Å². The van der Waals surface area contributed by atoms with Gasteiger partial charge in [0.15, 0.2) is 0 Å². The molecule has 2 atom stereocenters. The topological polar surface area (TPSA) is 84.0 Å². The van der Waals surface area contributed by atoms with Crippen molar-refractivity contribution in [1.29, 1.82) is 0 Å². The molecular formula is C11H16N4O. The lowest BCUT2D eigenvalue weighted by Gasteiger charge is -2.18. The van der Waals surface area contributed by atoms with Gasteiger partial charge in [-0.1, -0.05) is 35.4 Å². The molecule has 0 saturated heterocycles. The highest BCUT2D eigenvalue weighted by Crippen LogP contribution is 2.07. The zero-order valence-corrected chi connectivity index (χ0v) is 9.28. The van der Waals surface area contributed by atoms with Crippen LogP contribution in [-0.4, -0.2) is 25.8 Å². The van der Waals surface area contributed by atoms with E-state index in [-0.39, 0.29) is 12.1 Å². The summed E-state index contributed by atoms with van der Waals surface area (Å²) < 4.78 is 4.97. The third-order valence-corrected chi connectivity index (χ3v) is 2.35. The normalized spacial score (nSPS) is 13.9. The quantitative estimate of drug-likeness (QED) is 0.451. The van der Waals surface area contributed by atoms with Crippen molar-refractivity contribution in [2.24, 2.45) is 10.8 Å². The molecule has 1 aromatic rings. The standard InChI is InChI=1S/C11H16N4O/c1-16-8-11(14-15-13)10(12)7-9-5-3-2-4-6-9/h2-6,10-11H,7-8,12H2,1H3/t10-,11-/m0/s1. The average molecular weight is 220 g/mol. The van der Waals surface area contributed by atoms with Crippen molar-refractivity contribution in [1.82, 2.24) is 0 Å². The first-order valence-corrected chi connectivity index (χ1v) is 5.10. The van der Waals surface area contributed by atoms with Gasteiger partial charge < -0.3 is 10.5 Å². The third kappa shape index (κ3) is 3.90. The van der Waals surface area contributed by atoms with Gasteiger partial charge in [-0.3, -0.25) is 0 Å². The summed E-state index contributed by atoms with van der Waals surface area (Å²) in [6.07, 6.45) is 0.674. The molecule has 86 valence electrons. The fourth-order valence-corrected chi connectivity index (χ4v) is 1.50. The Morgan fingerprint density at radius 1 is 1.44 bits per heavy atom. The van der Waals surface area contributed by atoms with Crippen LogP contribution in [0.2, 0.25) is 0 Å². The van der Waals surface area contributed by atoms with Crippen LogP contribution in [-0.2, 0) is 11.2 Å². The number of hydrogen-bond acceptors (Lipinski definition) is 3. The maximum absolute atomic E-state index is 8.43. The van der Waals surface area contributed by atoms with Crippen molar-refractivity contribution in [3.05, 3.63) is 46.3 Å². The van der Waals surface area contributed by atoms with Crippen LogP contribution in [0.1, 0.15) is 5.56 Å². The van der Waals surface area contributed by atoms with Crippen LogP contribution in [0.5, 0.6) is 0 Å². The van der Waals surface area contributed by atoms with Gasteiger partial charge in [0.1, 0.15) is 0 Å². The first-order valence-electron chi connectivity index (χ1n) is 5.10. The molecule has 0 radical (unpaired) electrons. The second kappa shape index (κ2) is 6.85. The number of azide groups is 1. The largest absolute Gasteiger partial charge is 0.384 e. The fourth-order valence-electron chi connectivity index (χ4n) is 1.50. The number of benzene rings is 1. The van der Waals surface area contributed by atoms with Crippen LogP contribution < -0.4 is 5.73 Å². The second-order valence-electron chi connectivity index (χ2n) is 3.58. The van der Waals surface area contributed by atoms with Crippen LogP contribution in [0.25, 0.3) is 10.4 Å². The minimum Gasteiger partial charge on any atom is -0.384 e. The molecule has 5 heteroatoms. The second-order valence-corrected chi connectivity index (χ2v) is 3.58. The molecule has 0 saturated carbocycles. The molecule has 0 spiro atoms. The van der Waals surface area contributed by atoms with Crippen molar-refractivity contribution in [2.75, 3.05) is 13.7 Å². The Hall–Kier alpha value is -1.55. The Morgan fingerprint density at radius 3 is 2.69 bits per heavy atom. The molecule has 0 aliphatic carbocycles. The molecule has 0 aliphatic heterocycles. The first-order chi connectivity index (χ1) is 7.77. The van der Waals surface area contributed by atoms with Gasteiger partial charge in [0.05, 0.1) is 12.6 Å². The van der Waals surface area contributed by atoms with Gasteiger partial charge in [0, 0.05) is 18.1 Å². The number of ether oxygens (including phenoxy) is 1. The van der Waals surface area contributed by atoms with Crippen LogP contribution in [0.4, 0.5) is 0 Å². The molecule has 0 amide bonds. The maximum atomic E-state index is 8.43. The number of hydrogen-bond donors (Lipinski definition) is 1. The summed E-state index contributed by atoms with van der Waals surface area (Å²) in [4.78, 5) is 2.78. The summed E-state index contributed by atoms with van der Waals surface area (Å²) in [5.74, 6) is 0. The van der Waals surface area contributed by atoms with Crippen molar-refractivity contribution in [2.45, 2.75) is 18.5 Å². The van der Waals surface area contributed by atoms with E-state index in [9.17, 15) is 0 Å². The summed E-state index contributed by atoms with van der Waals surface area (Å²) in [5.41, 5.74) is 15.5. The molecule has 0 fully saturated rings.